The van der Waals surface area contributed by atoms with Gasteiger partial charge in [-0.2, -0.15) is 13.2 Å². The Morgan fingerprint density at radius 1 is 0.974 bits per heavy atom. The molecule has 10 heteroatoms. The normalized spacial score (nSPS) is 16.9. The van der Waals surface area contributed by atoms with E-state index in [1.807, 2.05) is 20.8 Å². The number of hydrogen-bond acceptors (Lipinski definition) is 7. The van der Waals surface area contributed by atoms with Crippen LogP contribution in [-0.2, 0) is 5.60 Å². The van der Waals surface area contributed by atoms with Gasteiger partial charge in [0.05, 0.1) is 4.24 Å². The number of rotatable bonds is 8. The number of aliphatic hydroxyl groups is 1. The van der Waals surface area contributed by atoms with Crippen molar-refractivity contribution in [1.29, 1.82) is 0 Å². The second kappa shape index (κ2) is 17.5. The second-order valence-electron chi connectivity index (χ2n) is 8.75. The lowest BCUT2D eigenvalue weighted by Crippen LogP contribution is -2.43. The van der Waals surface area contributed by atoms with Gasteiger partial charge in [-0.25, -0.2) is 8.61 Å². The first-order valence-electron chi connectivity index (χ1n) is 13.0. The van der Waals surface area contributed by atoms with E-state index in [2.05, 4.69) is 76.4 Å². The van der Waals surface area contributed by atoms with Crippen molar-refractivity contribution in [2.75, 3.05) is 50.6 Å². The van der Waals surface area contributed by atoms with E-state index in [0.717, 1.165) is 38.8 Å². The highest BCUT2D eigenvalue weighted by atomic mass is 32.2. The molecule has 0 bridgehead atoms. The highest BCUT2D eigenvalue weighted by Gasteiger charge is 2.51. The van der Waals surface area contributed by atoms with E-state index in [9.17, 15) is 18.3 Å². The van der Waals surface area contributed by atoms with Crippen LogP contribution in [0.5, 0.6) is 0 Å². The first kappa shape index (κ1) is 35.7. The summed E-state index contributed by atoms with van der Waals surface area (Å²) in [5.74, 6) is 0. The zero-order chi connectivity index (χ0) is 29.6. The Hall–Kier alpha value is -1.30. The van der Waals surface area contributed by atoms with E-state index in [1.165, 1.54) is 21.9 Å². The molecule has 1 aliphatic rings. The minimum atomic E-state index is -4.70. The number of nitrogens with zero attached hydrogens (tertiary/aromatic N) is 3. The first-order valence-corrected chi connectivity index (χ1v) is 16.2. The first-order chi connectivity index (χ1) is 18.4. The van der Waals surface area contributed by atoms with Crippen LogP contribution in [0.2, 0.25) is 0 Å². The molecule has 0 radical (unpaired) electrons. The molecule has 0 aliphatic carbocycles. The zero-order valence-electron chi connectivity index (χ0n) is 24.3. The molecule has 1 heterocycles. The van der Waals surface area contributed by atoms with Gasteiger partial charge in [-0.1, -0.05) is 74.3 Å². The Morgan fingerprint density at radius 3 is 1.95 bits per heavy atom. The van der Waals surface area contributed by atoms with Crippen LogP contribution in [0.25, 0.3) is 0 Å². The fourth-order valence-electron chi connectivity index (χ4n) is 3.63. The zero-order valence-corrected chi connectivity index (χ0v) is 26.8. The molecule has 2 aromatic carbocycles. The van der Waals surface area contributed by atoms with Crippen LogP contribution in [0, 0.1) is 0 Å². The van der Waals surface area contributed by atoms with Gasteiger partial charge >= 0.3 is 6.18 Å². The molecular weight excluding hydrogens is 560 g/mol. The summed E-state index contributed by atoms with van der Waals surface area (Å²) >= 11 is 5.22. The molecule has 0 saturated carbocycles. The average molecular weight is 604 g/mol. The van der Waals surface area contributed by atoms with E-state index in [0.29, 0.717) is 6.04 Å². The quantitative estimate of drug-likeness (QED) is 0.303. The molecule has 3 rings (SSSR count). The minimum Gasteiger partial charge on any atom is -0.376 e. The molecular formula is C29H44F3N3OS3. The summed E-state index contributed by atoms with van der Waals surface area (Å²) in [5, 5.41) is 9.73. The molecule has 220 valence electrons. The number of alkyl halides is 3. The maximum Gasteiger partial charge on any atom is 0.421 e. The summed E-state index contributed by atoms with van der Waals surface area (Å²) in [6, 6.07) is 17.0. The summed E-state index contributed by atoms with van der Waals surface area (Å²) in [4.78, 5) is 2.15. The number of piperazine rings is 1. The fraction of sp³-hybridized carbons (Fsp3) is 0.517. The Balaban J connectivity index is 0.000000454. The number of thioether (sulfide) groups is 1. The van der Waals surface area contributed by atoms with Gasteiger partial charge in [-0.15, -0.1) is 11.8 Å². The number of halogens is 3. The number of benzene rings is 2. The summed E-state index contributed by atoms with van der Waals surface area (Å²) in [6.45, 7) is 12.4. The van der Waals surface area contributed by atoms with Crippen molar-refractivity contribution in [3.05, 3.63) is 76.0 Å². The Morgan fingerprint density at radius 2 is 1.51 bits per heavy atom. The molecule has 1 aliphatic heterocycles. The number of allylic oxidation sites excluding steroid dienone is 1. The van der Waals surface area contributed by atoms with E-state index < -0.39 is 11.8 Å². The van der Waals surface area contributed by atoms with Crippen LogP contribution in [0.1, 0.15) is 51.8 Å². The standard InChI is InChI=1S/C17H23F3N2OS2.C10H15NS.C2H6/c1-4-15(24-3)25-22-11-9-21(10-12-22)14-7-5-13(6-8-14)16(2,23)17(18,19)20;1-9(11(2)12-3)10-7-5-4-6-8-10;1-2/h4-8,23H,9-12H2,1-3H3;4-9H,1-3H3;1-2H3/b15-4+;;. The Kier molecular flexibility index (Phi) is 16.0. The third-order valence-corrected chi connectivity index (χ3v) is 9.65. The summed E-state index contributed by atoms with van der Waals surface area (Å²) in [7, 11) is 2.11. The van der Waals surface area contributed by atoms with Crippen molar-refractivity contribution in [2.24, 2.45) is 0 Å². The van der Waals surface area contributed by atoms with Gasteiger partial charge in [0.15, 0.2) is 5.60 Å². The van der Waals surface area contributed by atoms with Gasteiger partial charge in [-0.3, -0.25) is 0 Å². The highest BCUT2D eigenvalue weighted by molar-refractivity contribution is 8.20. The van der Waals surface area contributed by atoms with Gasteiger partial charge in [0, 0.05) is 37.9 Å². The molecule has 39 heavy (non-hydrogen) atoms. The van der Waals surface area contributed by atoms with Crippen molar-refractivity contribution < 1.29 is 18.3 Å². The fourth-order valence-corrected chi connectivity index (χ4v) is 5.63. The minimum absolute atomic E-state index is 0.143. The van der Waals surface area contributed by atoms with E-state index in [1.54, 1.807) is 47.8 Å². The molecule has 1 fully saturated rings. The lowest BCUT2D eigenvalue weighted by atomic mass is 9.95. The Bertz CT molecular complexity index is 965. The van der Waals surface area contributed by atoms with Crippen molar-refractivity contribution in [3.8, 4) is 0 Å². The smallest absolute Gasteiger partial charge is 0.376 e. The molecule has 1 saturated heterocycles. The molecule has 2 aromatic rings. The predicted octanol–water partition coefficient (Wildman–Crippen LogP) is 8.43. The van der Waals surface area contributed by atoms with Crippen LogP contribution < -0.4 is 4.90 Å². The number of anilines is 1. The van der Waals surface area contributed by atoms with E-state index in [4.69, 9.17) is 0 Å². The largest absolute Gasteiger partial charge is 0.421 e. The van der Waals surface area contributed by atoms with Gasteiger partial charge < -0.3 is 10.0 Å². The summed E-state index contributed by atoms with van der Waals surface area (Å²) in [6.07, 6.45) is 1.54. The molecule has 2 unspecified atom stereocenters. The number of hydrogen-bond donors (Lipinski definition) is 1. The van der Waals surface area contributed by atoms with Gasteiger partial charge in [0.1, 0.15) is 0 Å². The summed E-state index contributed by atoms with van der Waals surface area (Å²) in [5.41, 5.74) is -0.728. The molecule has 1 N–H and O–H groups in total. The Labute approximate surface area is 246 Å². The molecule has 0 amide bonds. The van der Waals surface area contributed by atoms with Crippen molar-refractivity contribution in [3.63, 3.8) is 0 Å². The van der Waals surface area contributed by atoms with Gasteiger partial charge in [-0.05, 0) is 75.5 Å². The monoisotopic (exact) mass is 603 g/mol. The van der Waals surface area contributed by atoms with Gasteiger partial charge in [0.25, 0.3) is 0 Å². The third-order valence-electron chi connectivity index (χ3n) is 6.36. The highest BCUT2D eigenvalue weighted by Crippen LogP contribution is 2.39. The van der Waals surface area contributed by atoms with Crippen molar-refractivity contribution in [2.45, 2.75) is 52.4 Å². The topological polar surface area (TPSA) is 30.0 Å². The van der Waals surface area contributed by atoms with E-state index in [-0.39, 0.29) is 5.56 Å². The van der Waals surface area contributed by atoms with Crippen LogP contribution in [0.4, 0.5) is 18.9 Å². The predicted molar refractivity (Wildman–Crippen MR) is 168 cm³/mol. The van der Waals surface area contributed by atoms with Crippen LogP contribution in [0.3, 0.4) is 0 Å². The van der Waals surface area contributed by atoms with Crippen LogP contribution in [0.15, 0.2) is 64.9 Å². The molecule has 0 aromatic heterocycles. The summed E-state index contributed by atoms with van der Waals surface area (Å²) < 4.78 is 44.5. The lowest BCUT2D eigenvalue weighted by Gasteiger charge is -2.35. The SMILES string of the molecule is C/C=C(\SC)SN1CCN(c2ccc(C(C)(O)C(F)(F)F)cc2)CC1.CC.CSN(C)C(C)c1ccccc1. The lowest BCUT2D eigenvalue weighted by molar-refractivity contribution is -0.258. The maximum absolute atomic E-state index is 12.9. The van der Waals surface area contributed by atoms with Gasteiger partial charge in [0.2, 0.25) is 0 Å². The van der Waals surface area contributed by atoms with Crippen molar-refractivity contribution >= 4 is 41.3 Å². The third kappa shape index (κ3) is 10.9. The molecule has 2 atom stereocenters. The maximum atomic E-state index is 12.9. The van der Waals surface area contributed by atoms with E-state index >= 15 is 0 Å². The molecule has 4 nitrogen and oxygen atoms in total. The van der Waals surface area contributed by atoms with Crippen molar-refractivity contribution in [1.82, 2.24) is 8.61 Å². The van der Waals surface area contributed by atoms with Crippen LogP contribution in [-0.4, -0.2) is 65.6 Å². The molecule has 0 spiro atoms. The second-order valence-corrected chi connectivity index (χ2v) is 11.9. The van der Waals surface area contributed by atoms with Crippen LogP contribution >= 0.6 is 35.7 Å². The average Bonchev–Trinajstić information content (AvgIpc) is 2.96.